The maximum absolute atomic E-state index is 5.32. The van der Waals surface area contributed by atoms with Gasteiger partial charge in [0.25, 0.3) is 0 Å². The van der Waals surface area contributed by atoms with E-state index in [1.54, 1.807) is 7.11 Å². The summed E-state index contributed by atoms with van der Waals surface area (Å²) in [6.45, 7) is 1.08. The average molecular weight is 289 g/mol. The Bertz CT molecular complexity index is 629. The molecule has 4 nitrogen and oxygen atoms in total. The number of nitrogens with zero attached hydrogens (tertiary/aromatic N) is 2. The van der Waals surface area contributed by atoms with Gasteiger partial charge in [0.1, 0.15) is 11.6 Å². The van der Waals surface area contributed by atoms with Gasteiger partial charge in [0.2, 0.25) is 0 Å². The Kier molecular flexibility index (Phi) is 3.11. The van der Waals surface area contributed by atoms with E-state index in [-0.39, 0.29) is 0 Å². The smallest absolute Gasteiger partial charge is 0.128 e. The lowest BCUT2D eigenvalue weighted by atomic mass is 10.3. The van der Waals surface area contributed by atoms with Crippen LogP contribution in [0.1, 0.15) is 30.7 Å². The number of hydrogen-bond donors (Lipinski definition) is 1. The number of aromatic nitrogens is 2. The second-order valence-corrected chi connectivity index (χ2v) is 6.66. The van der Waals surface area contributed by atoms with Gasteiger partial charge in [-0.1, -0.05) is 0 Å². The van der Waals surface area contributed by atoms with E-state index in [2.05, 4.69) is 16.0 Å². The molecule has 20 heavy (non-hydrogen) atoms. The quantitative estimate of drug-likeness (QED) is 0.943. The van der Waals surface area contributed by atoms with E-state index < -0.39 is 0 Å². The van der Waals surface area contributed by atoms with Crippen LogP contribution in [0, 0.1) is 0 Å². The number of hydrogen-bond acceptors (Lipinski definition) is 4. The predicted molar refractivity (Wildman–Crippen MR) is 82.6 cm³/mol. The minimum absolute atomic E-state index is 0.382. The summed E-state index contributed by atoms with van der Waals surface area (Å²) >= 11 is 2.02. The molecule has 0 amide bonds. The van der Waals surface area contributed by atoms with Crippen molar-refractivity contribution < 1.29 is 4.74 Å². The molecule has 106 valence electrons. The number of nitrogens with one attached hydrogen (secondary N) is 1. The molecule has 1 aromatic heterocycles. The molecule has 2 heterocycles. The van der Waals surface area contributed by atoms with Crippen molar-refractivity contribution in [3.8, 4) is 5.75 Å². The average Bonchev–Trinajstić information content (AvgIpc) is 3.27. The van der Waals surface area contributed by atoms with Gasteiger partial charge < -0.3 is 14.6 Å². The fourth-order valence-electron chi connectivity index (χ4n) is 2.92. The van der Waals surface area contributed by atoms with Gasteiger partial charge >= 0.3 is 0 Å². The molecule has 1 aromatic carbocycles. The highest BCUT2D eigenvalue weighted by Gasteiger charge is 2.31. The lowest BCUT2D eigenvalue weighted by molar-refractivity contribution is 0.415. The molecule has 0 spiro atoms. The SMILES string of the molecule is COc1ccc2c(c1)nc(C1CSCCN1)n2C1CC1. The van der Waals surface area contributed by atoms with Gasteiger partial charge in [0.05, 0.1) is 24.2 Å². The number of ether oxygens (including phenoxy) is 1. The highest BCUT2D eigenvalue weighted by molar-refractivity contribution is 7.99. The molecule has 1 saturated carbocycles. The Balaban J connectivity index is 1.83. The standard InChI is InChI=1S/C15H19N3OS/c1-19-11-4-5-14-12(8-11)17-15(18(14)10-2-3-10)13-9-20-7-6-16-13/h4-5,8,10,13,16H,2-3,6-7,9H2,1H3. The largest absolute Gasteiger partial charge is 0.497 e. The molecule has 1 N–H and O–H groups in total. The molecule has 4 rings (SSSR count). The third-order valence-electron chi connectivity index (χ3n) is 4.07. The van der Waals surface area contributed by atoms with Crippen molar-refractivity contribution in [3.63, 3.8) is 0 Å². The van der Waals surface area contributed by atoms with Gasteiger partial charge in [-0.25, -0.2) is 4.98 Å². The molecule has 2 aliphatic rings. The fourth-order valence-corrected chi connectivity index (χ4v) is 3.85. The zero-order valence-corrected chi connectivity index (χ0v) is 12.4. The van der Waals surface area contributed by atoms with Gasteiger partial charge in [-0.3, -0.25) is 0 Å². The number of rotatable bonds is 3. The number of methoxy groups -OCH3 is 1. The fraction of sp³-hybridized carbons (Fsp3) is 0.533. The maximum Gasteiger partial charge on any atom is 0.128 e. The number of thioether (sulfide) groups is 1. The van der Waals surface area contributed by atoms with E-state index in [1.165, 1.54) is 29.9 Å². The highest BCUT2D eigenvalue weighted by atomic mass is 32.2. The second kappa shape index (κ2) is 4.97. The summed E-state index contributed by atoms with van der Waals surface area (Å²) in [5.74, 6) is 4.42. The van der Waals surface area contributed by atoms with Crippen molar-refractivity contribution in [3.05, 3.63) is 24.0 Å². The molecule has 5 heteroatoms. The summed E-state index contributed by atoms with van der Waals surface area (Å²) in [5, 5.41) is 3.61. The van der Waals surface area contributed by atoms with Crippen LogP contribution in [0.25, 0.3) is 11.0 Å². The lowest BCUT2D eigenvalue weighted by Gasteiger charge is -2.23. The van der Waals surface area contributed by atoms with E-state index in [0.29, 0.717) is 12.1 Å². The van der Waals surface area contributed by atoms with Crippen molar-refractivity contribution in [1.82, 2.24) is 14.9 Å². The van der Waals surface area contributed by atoms with Crippen LogP contribution < -0.4 is 10.1 Å². The molecule has 0 radical (unpaired) electrons. The van der Waals surface area contributed by atoms with Gasteiger partial charge in [-0.15, -0.1) is 0 Å². The van der Waals surface area contributed by atoms with Crippen LogP contribution in [0.3, 0.4) is 0 Å². The van der Waals surface area contributed by atoms with E-state index >= 15 is 0 Å². The first kappa shape index (κ1) is 12.5. The van der Waals surface area contributed by atoms with Crippen molar-refractivity contribution >= 4 is 22.8 Å². The lowest BCUT2D eigenvalue weighted by Crippen LogP contribution is -2.32. The summed E-state index contributed by atoms with van der Waals surface area (Å²) < 4.78 is 7.78. The van der Waals surface area contributed by atoms with Gasteiger partial charge in [0.15, 0.2) is 0 Å². The first-order valence-corrected chi connectivity index (χ1v) is 8.39. The Morgan fingerprint density at radius 1 is 1.40 bits per heavy atom. The molecular formula is C15H19N3OS. The first-order chi connectivity index (χ1) is 9.86. The topological polar surface area (TPSA) is 39.1 Å². The van der Waals surface area contributed by atoms with E-state index in [9.17, 15) is 0 Å². The van der Waals surface area contributed by atoms with E-state index in [4.69, 9.17) is 9.72 Å². The van der Waals surface area contributed by atoms with Crippen LogP contribution in [-0.2, 0) is 0 Å². The Hall–Kier alpha value is -1.20. The normalized spacial score (nSPS) is 23.1. The Labute approximate surface area is 122 Å². The Morgan fingerprint density at radius 3 is 3.00 bits per heavy atom. The monoisotopic (exact) mass is 289 g/mol. The van der Waals surface area contributed by atoms with E-state index in [1.807, 2.05) is 23.9 Å². The molecular weight excluding hydrogens is 270 g/mol. The molecule has 0 bridgehead atoms. The van der Waals surface area contributed by atoms with Crippen LogP contribution in [0.2, 0.25) is 0 Å². The molecule has 1 atom stereocenters. The van der Waals surface area contributed by atoms with Crippen LogP contribution in [-0.4, -0.2) is 34.7 Å². The van der Waals surface area contributed by atoms with Crippen molar-refractivity contribution in [1.29, 1.82) is 0 Å². The summed E-state index contributed by atoms with van der Waals surface area (Å²) in [5.41, 5.74) is 2.31. The molecule has 1 unspecified atom stereocenters. The van der Waals surface area contributed by atoms with Gasteiger partial charge in [0, 0.05) is 30.2 Å². The maximum atomic E-state index is 5.32. The minimum Gasteiger partial charge on any atom is -0.497 e. The summed E-state index contributed by atoms with van der Waals surface area (Å²) in [7, 11) is 1.71. The van der Waals surface area contributed by atoms with Crippen molar-refractivity contribution in [2.24, 2.45) is 0 Å². The summed E-state index contributed by atoms with van der Waals surface area (Å²) in [6.07, 6.45) is 2.56. The summed E-state index contributed by atoms with van der Waals surface area (Å²) in [6, 6.07) is 7.27. The molecule has 1 saturated heterocycles. The number of benzene rings is 1. The Morgan fingerprint density at radius 2 is 2.30 bits per heavy atom. The van der Waals surface area contributed by atoms with Crippen LogP contribution in [0.4, 0.5) is 0 Å². The highest BCUT2D eigenvalue weighted by Crippen LogP contribution is 2.41. The number of fused-ring (bicyclic) bond motifs is 1. The molecule has 1 aliphatic heterocycles. The van der Waals surface area contributed by atoms with Crippen LogP contribution in [0.15, 0.2) is 18.2 Å². The first-order valence-electron chi connectivity index (χ1n) is 7.24. The predicted octanol–water partition coefficient (Wildman–Crippen LogP) is 2.76. The second-order valence-electron chi connectivity index (χ2n) is 5.51. The van der Waals surface area contributed by atoms with Crippen LogP contribution in [0.5, 0.6) is 5.75 Å². The van der Waals surface area contributed by atoms with E-state index in [0.717, 1.165) is 23.6 Å². The van der Waals surface area contributed by atoms with Crippen molar-refractivity contribution in [2.45, 2.75) is 24.9 Å². The van der Waals surface area contributed by atoms with Crippen molar-refractivity contribution in [2.75, 3.05) is 25.2 Å². The molecule has 1 aliphatic carbocycles. The number of imidazole rings is 1. The zero-order chi connectivity index (χ0) is 13.5. The molecule has 2 aromatic rings. The van der Waals surface area contributed by atoms with Gasteiger partial charge in [-0.2, -0.15) is 11.8 Å². The van der Waals surface area contributed by atoms with Crippen LogP contribution >= 0.6 is 11.8 Å². The third-order valence-corrected chi connectivity index (χ3v) is 5.13. The summed E-state index contributed by atoms with van der Waals surface area (Å²) in [4.78, 5) is 4.91. The third kappa shape index (κ3) is 2.09. The molecule has 2 fully saturated rings. The minimum atomic E-state index is 0.382. The van der Waals surface area contributed by atoms with Gasteiger partial charge in [-0.05, 0) is 25.0 Å². The zero-order valence-electron chi connectivity index (χ0n) is 11.6.